The molecule has 0 saturated carbocycles. The third-order valence-electron chi connectivity index (χ3n) is 3.78. The minimum atomic E-state index is 0. The topological polar surface area (TPSA) is 46.0 Å². The van der Waals surface area contributed by atoms with Crippen LogP contribution in [0.4, 0.5) is 0 Å². The second kappa shape index (κ2) is 5.33. The summed E-state index contributed by atoms with van der Waals surface area (Å²) in [6.45, 7) is 4.56. The second-order valence-corrected chi connectivity index (χ2v) is 5.02. The standard InChI is InChI=1S/C11H19N5.ClH/c1-15-7-10(13-14-15)8-16-5-3-11-9(6-16)2-4-12-11;/h7,9,11-12H,2-6,8H2,1H3;1H. The van der Waals surface area contributed by atoms with E-state index < -0.39 is 0 Å². The van der Waals surface area contributed by atoms with Gasteiger partial charge in [-0.1, -0.05) is 5.21 Å². The van der Waals surface area contributed by atoms with E-state index >= 15 is 0 Å². The van der Waals surface area contributed by atoms with Crippen LogP contribution < -0.4 is 5.32 Å². The zero-order valence-corrected chi connectivity index (χ0v) is 11.0. The smallest absolute Gasteiger partial charge is 0.0967 e. The average molecular weight is 258 g/mol. The number of hydrogen-bond acceptors (Lipinski definition) is 4. The van der Waals surface area contributed by atoms with Crippen LogP contribution in [0.5, 0.6) is 0 Å². The molecule has 0 aliphatic carbocycles. The summed E-state index contributed by atoms with van der Waals surface area (Å²) in [7, 11) is 1.92. The van der Waals surface area contributed by atoms with E-state index in [4.69, 9.17) is 0 Å². The molecule has 3 rings (SSSR count). The molecule has 2 saturated heterocycles. The molecule has 2 aliphatic heterocycles. The molecule has 0 aromatic carbocycles. The summed E-state index contributed by atoms with van der Waals surface area (Å²) in [6, 6.07) is 0.776. The molecular formula is C11H20ClN5. The van der Waals surface area contributed by atoms with Crippen LogP contribution in [0.2, 0.25) is 0 Å². The molecule has 2 aliphatic rings. The highest BCUT2D eigenvalue weighted by Crippen LogP contribution is 2.25. The Kier molecular flexibility index (Phi) is 4.01. The maximum absolute atomic E-state index is 4.15. The Morgan fingerprint density at radius 1 is 1.47 bits per heavy atom. The summed E-state index contributed by atoms with van der Waals surface area (Å²) in [5.74, 6) is 0.852. The fourth-order valence-corrected chi connectivity index (χ4v) is 2.96. The van der Waals surface area contributed by atoms with Crippen molar-refractivity contribution in [1.82, 2.24) is 25.2 Å². The van der Waals surface area contributed by atoms with Crippen molar-refractivity contribution in [2.24, 2.45) is 13.0 Å². The molecule has 1 aromatic rings. The first-order valence-corrected chi connectivity index (χ1v) is 6.12. The molecule has 3 heterocycles. The van der Waals surface area contributed by atoms with Gasteiger partial charge in [-0.2, -0.15) is 0 Å². The van der Waals surface area contributed by atoms with Gasteiger partial charge in [-0.25, -0.2) is 0 Å². The summed E-state index contributed by atoms with van der Waals surface area (Å²) >= 11 is 0. The summed E-state index contributed by atoms with van der Waals surface area (Å²) < 4.78 is 1.78. The van der Waals surface area contributed by atoms with Crippen molar-refractivity contribution in [1.29, 1.82) is 0 Å². The number of aryl methyl sites for hydroxylation is 1. The quantitative estimate of drug-likeness (QED) is 0.834. The fraction of sp³-hybridized carbons (Fsp3) is 0.818. The predicted molar refractivity (Wildman–Crippen MR) is 68.0 cm³/mol. The first kappa shape index (κ1) is 12.8. The van der Waals surface area contributed by atoms with Gasteiger partial charge in [-0.3, -0.25) is 9.58 Å². The average Bonchev–Trinajstić information content (AvgIpc) is 2.87. The van der Waals surface area contributed by atoms with E-state index in [2.05, 4.69) is 20.5 Å². The van der Waals surface area contributed by atoms with Gasteiger partial charge in [0.15, 0.2) is 0 Å². The SMILES string of the molecule is Cl.Cn1cc(CN2CCC3NCCC3C2)nn1. The second-order valence-electron chi connectivity index (χ2n) is 5.02. The Balaban J connectivity index is 0.00000108. The number of hydrogen-bond donors (Lipinski definition) is 1. The van der Waals surface area contributed by atoms with Crippen LogP contribution in [0.1, 0.15) is 18.5 Å². The lowest BCUT2D eigenvalue weighted by Gasteiger charge is -2.34. The molecule has 5 nitrogen and oxygen atoms in total. The van der Waals surface area contributed by atoms with Crippen LogP contribution in [0.3, 0.4) is 0 Å². The van der Waals surface area contributed by atoms with Crippen molar-refractivity contribution in [3.63, 3.8) is 0 Å². The molecular weight excluding hydrogens is 238 g/mol. The van der Waals surface area contributed by atoms with Gasteiger partial charge in [-0.05, 0) is 25.3 Å². The molecule has 2 fully saturated rings. The van der Waals surface area contributed by atoms with Crippen molar-refractivity contribution in [2.75, 3.05) is 19.6 Å². The molecule has 0 spiro atoms. The molecule has 0 amide bonds. The number of likely N-dealkylation sites (tertiary alicyclic amines) is 1. The van der Waals surface area contributed by atoms with Gasteiger partial charge in [0.25, 0.3) is 0 Å². The van der Waals surface area contributed by atoms with E-state index in [1.807, 2.05) is 13.2 Å². The van der Waals surface area contributed by atoms with Crippen molar-refractivity contribution in [2.45, 2.75) is 25.4 Å². The third-order valence-corrected chi connectivity index (χ3v) is 3.78. The highest BCUT2D eigenvalue weighted by atomic mass is 35.5. The van der Waals surface area contributed by atoms with Gasteiger partial charge in [-0.15, -0.1) is 17.5 Å². The first-order valence-electron chi connectivity index (χ1n) is 6.12. The van der Waals surface area contributed by atoms with E-state index in [0.29, 0.717) is 0 Å². The largest absolute Gasteiger partial charge is 0.314 e. The number of aromatic nitrogens is 3. The van der Waals surface area contributed by atoms with Crippen LogP contribution in [0.15, 0.2) is 6.20 Å². The molecule has 0 radical (unpaired) electrons. The van der Waals surface area contributed by atoms with Gasteiger partial charge in [0.1, 0.15) is 0 Å². The maximum Gasteiger partial charge on any atom is 0.0967 e. The minimum Gasteiger partial charge on any atom is -0.314 e. The van der Waals surface area contributed by atoms with E-state index in [-0.39, 0.29) is 12.4 Å². The molecule has 17 heavy (non-hydrogen) atoms. The molecule has 1 aromatic heterocycles. The van der Waals surface area contributed by atoms with E-state index in [1.54, 1.807) is 4.68 Å². The van der Waals surface area contributed by atoms with Crippen LogP contribution in [0, 0.1) is 5.92 Å². The summed E-state index contributed by atoms with van der Waals surface area (Å²) in [6.07, 6.45) is 4.63. The lowest BCUT2D eigenvalue weighted by atomic mass is 9.93. The Morgan fingerprint density at radius 2 is 2.35 bits per heavy atom. The molecule has 6 heteroatoms. The summed E-state index contributed by atoms with van der Waals surface area (Å²) in [4.78, 5) is 2.51. The van der Waals surface area contributed by atoms with Gasteiger partial charge < -0.3 is 5.32 Å². The molecule has 96 valence electrons. The maximum atomic E-state index is 4.15. The third kappa shape index (κ3) is 2.78. The van der Waals surface area contributed by atoms with E-state index in [1.165, 1.54) is 32.5 Å². The van der Waals surface area contributed by atoms with Crippen LogP contribution >= 0.6 is 12.4 Å². The van der Waals surface area contributed by atoms with Crippen molar-refractivity contribution < 1.29 is 0 Å². The molecule has 2 atom stereocenters. The lowest BCUT2D eigenvalue weighted by molar-refractivity contribution is 0.154. The highest BCUT2D eigenvalue weighted by molar-refractivity contribution is 5.85. The Morgan fingerprint density at radius 3 is 3.12 bits per heavy atom. The number of fused-ring (bicyclic) bond motifs is 1. The van der Waals surface area contributed by atoms with Gasteiger partial charge >= 0.3 is 0 Å². The van der Waals surface area contributed by atoms with Crippen molar-refractivity contribution >= 4 is 12.4 Å². The molecule has 0 bridgehead atoms. The number of piperidine rings is 1. The van der Waals surface area contributed by atoms with E-state index in [0.717, 1.165) is 24.2 Å². The normalized spacial score (nSPS) is 28.8. The summed E-state index contributed by atoms with van der Waals surface area (Å²) in [5, 5.41) is 11.7. The summed E-state index contributed by atoms with van der Waals surface area (Å²) in [5.41, 5.74) is 1.09. The zero-order chi connectivity index (χ0) is 11.0. The van der Waals surface area contributed by atoms with E-state index in [9.17, 15) is 0 Å². The fourth-order valence-electron chi connectivity index (χ4n) is 2.96. The molecule has 1 N–H and O–H groups in total. The highest BCUT2D eigenvalue weighted by Gasteiger charge is 2.32. The minimum absolute atomic E-state index is 0. The number of halogens is 1. The van der Waals surface area contributed by atoms with Crippen molar-refractivity contribution in [3.8, 4) is 0 Å². The van der Waals surface area contributed by atoms with Crippen LogP contribution in [-0.4, -0.2) is 45.6 Å². The van der Waals surface area contributed by atoms with Crippen LogP contribution in [0.25, 0.3) is 0 Å². The van der Waals surface area contributed by atoms with Crippen LogP contribution in [-0.2, 0) is 13.6 Å². The Hall–Kier alpha value is -0.650. The number of nitrogens with zero attached hydrogens (tertiary/aromatic N) is 4. The lowest BCUT2D eigenvalue weighted by Crippen LogP contribution is -2.43. The van der Waals surface area contributed by atoms with Crippen molar-refractivity contribution in [3.05, 3.63) is 11.9 Å². The van der Waals surface area contributed by atoms with Gasteiger partial charge in [0.2, 0.25) is 0 Å². The number of nitrogens with one attached hydrogen (secondary N) is 1. The first-order chi connectivity index (χ1) is 7.81. The predicted octanol–water partition coefficient (Wildman–Crippen LogP) is 0.421. The van der Waals surface area contributed by atoms with Gasteiger partial charge in [0.05, 0.1) is 5.69 Å². The number of rotatable bonds is 2. The Labute approximate surface area is 108 Å². The monoisotopic (exact) mass is 257 g/mol. The zero-order valence-electron chi connectivity index (χ0n) is 10.2. The molecule has 2 unspecified atom stereocenters. The van der Waals surface area contributed by atoms with Gasteiger partial charge in [0, 0.05) is 38.9 Å². The Bertz CT molecular complexity index is 366.